The van der Waals surface area contributed by atoms with Gasteiger partial charge in [-0.15, -0.1) is 12.4 Å². The molecule has 0 spiro atoms. The van der Waals surface area contributed by atoms with Crippen LogP contribution in [-0.4, -0.2) is 42.1 Å². The highest BCUT2D eigenvalue weighted by molar-refractivity contribution is 5.85. The third-order valence-electron chi connectivity index (χ3n) is 7.60. The van der Waals surface area contributed by atoms with Gasteiger partial charge in [0.25, 0.3) is 6.01 Å². The number of oxazole rings is 1. The molecule has 2 fully saturated rings. The monoisotopic (exact) mass is 605 g/mol. The molecule has 0 unspecified atom stereocenters. The summed E-state index contributed by atoms with van der Waals surface area (Å²) in [6.07, 6.45) is 5.93. The molecule has 8 nitrogen and oxygen atoms in total. The summed E-state index contributed by atoms with van der Waals surface area (Å²) in [6.45, 7) is 4.36. The van der Waals surface area contributed by atoms with Crippen molar-refractivity contribution in [3.63, 3.8) is 0 Å². The largest absolute Gasteiger partial charge is 0.460 e. The number of hydrogen-bond donors (Lipinski definition) is 1. The molecule has 0 saturated carbocycles. The molecule has 0 radical (unpaired) electrons. The first-order valence-electron chi connectivity index (χ1n) is 14.8. The quantitative estimate of drug-likeness (QED) is 0.238. The molecule has 0 amide bonds. The minimum Gasteiger partial charge on any atom is -0.460 e. The lowest BCUT2D eigenvalue weighted by molar-refractivity contribution is -0.148. The summed E-state index contributed by atoms with van der Waals surface area (Å²) in [4.78, 5) is 30.9. The molecular weight excluding hydrogens is 566 g/mol. The highest BCUT2D eigenvalue weighted by Crippen LogP contribution is 2.29. The number of nitrogens with one attached hydrogen (secondary N) is 1. The lowest BCUT2D eigenvalue weighted by Crippen LogP contribution is -2.45. The molecule has 1 N–H and O–H groups in total. The fourth-order valence-electron chi connectivity index (χ4n) is 5.26. The van der Waals surface area contributed by atoms with Crippen molar-refractivity contribution in [3.05, 3.63) is 95.6 Å². The van der Waals surface area contributed by atoms with E-state index in [2.05, 4.69) is 10.3 Å². The number of anilines is 1. The van der Waals surface area contributed by atoms with E-state index in [1.165, 1.54) is 0 Å². The van der Waals surface area contributed by atoms with Crippen molar-refractivity contribution in [1.82, 2.24) is 10.3 Å². The SMILES string of the molecule is Cc1ccc2oc(N3CCCC[C@H]3C(=O)OCc3ccccc3)nc2c1.Cl.O=C(OCc1ccccc1)[C@@H]1CCCCN1. The summed E-state index contributed by atoms with van der Waals surface area (Å²) in [5, 5.41) is 3.18. The number of ether oxygens (including phenoxy) is 2. The van der Waals surface area contributed by atoms with Gasteiger partial charge in [-0.3, -0.25) is 4.79 Å². The lowest BCUT2D eigenvalue weighted by Gasteiger charge is -2.32. The van der Waals surface area contributed by atoms with E-state index < -0.39 is 0 Å². The minimum absolute atomic E-state index is 0. The molecule has 4 aromatic rings. The van der Waals surface area contributed by atoms with Gasteiger partial charge in [-0.2, -0.15) is 4.98 Å². The Hall–Kier alpha value is -3.88. The number of hydrogen-bond acceptors (Lipinski definition) is 8. The number of benzene rings is 3. The first-order chi connectivity index (χ1) is 20.6. The molecule has 2 aliphatic heterocycles. The van der Waals surface area contributed by atoms with Crippen LogP contribution in [0.25, 0.3) is 11.1 Å². The van der Waals surface area contributed by atoms with E-state index >= 15 is 0 Å². The van der Waals surface area contributed by atoms with Gasteiger partial charge in [0.05, 0.1) is 0 Å². The van der Waals surface area contributed by atoms with Crippen LogP contribution in [0.4, 0.5) is 6.01 Å². The van der Waals surface area contributed by atoms with Crippen LogP contribution < -0.4 is 10.2 Å². The van der Waals surface area contributed by atoms with Crippen LogP contribution in [0.3, 0.4) is 0 Å². The molecule has 3 heterocycles. The summed E-state index contributed by atoms with van der Waals surface area (Å²) >= 11 is 0. The van der Waals surface area contributed by atoms with Gasteiger partial charge in [-0.25, -0.2) is 4.79 Å². The number of esters is 2. The van der Waals surface area contributed by atoms with Crippen molar-refractivity contribution in [1.29, 1.82) is 0 Å². The number of carbonyl (C=O) groups excluding carboxylic acids is 2. The normalized spacial score (nSPS) is 18.1. The standard InChI is InChI=1S/C21H22N2O3.C13H17NO2.ClH/c1-15-10-11-19-17(13-15)22-21(26-19)23-12-6-5-9-18(23)20(24)25-14-16-7-3-2-4-8-16;15-13(12-8-4-5-9-14-12)16-10-11-6-2-1-3-7-11;/h2-4,7-8,10-11,13,18H,5-6,9,12,14H2,1H3;1-3,6-7,12,14H,4-5,8-10H2;1H/t18-;12-;/m00./s1. The van der Waals surface area contributed by atoms with Gasteiger partial charge in [0.15, 0.2) is 5.58 Å². The predicted molar refractivity (Wildman–Crippen MR) is 169 cm³/mol. The average molecular weight is 606 g/mol. The molecule has 1 aromatic heterocycles. The van der Waals surface area contributed by atoms with Crippen LogP contribution in [0, 0.1) is 6.92 Å². The van der Waals surface area contributed by atoms with Crippen LogP contribution in [0.5, 0.6) is 0 Å². The smallest absolute Gasteiger partial charge is 0.329 e. The number of aromatic nitrogens is 1. The Morgan fingerprint density at radius 3 is 2.16 bits per heavy atom. The van der Waals surface area contributed by atoms with Crippen LogP contribution >= 0.6 is 12.4 Å². The summed E-state index contributed by atoms with van der Waals surface area (Å²) in [5.74, 6) is -0.337. The lowest BCUT2D eigenvalue weighted by atomic mass is 10.0. The van der Waals surface area contributed by atoms with Gasteiger partial charge in [0.1, 0.15) is 30.8 Å². The van der Waals surface area contributed by atoms with E-state index in [-0.39, 0.29) is 43.0 Å². The van der Waals surface area contributed by atoms with Gasteiger partial charge in [0, 0.05) is 6.54 Å². The number of carbonyl (C=O) groups is 2. The average Bonchev–Trinajstić information content (AvgIpc) is 3.47. The van der Waals surface area contributed by atoms with Gasteiger partial charge in [-0.05, 0) is 74.4 Å². The highest BCUT2D eigenvalue weighted by atomic mass is 35.5. The molecule has 6 rings (SSSR count). The van der Waals surface area contributed by atoms with Crippen LogP contribution in [0.2, 0.25) is 0 Å². The summed E-state index contributed by atoms with van der Waals surface area (Å²) in [7, 11) is 0. The Kier molecular flexibility index (Phi) is 12.0. The number of aryl methyl sites for hydroxylation is 1. The Morgan fingerprint density at radius 2 is 1.51 bits per heavy atom. The zero-order chi connectivity index (χ0) is 29.1. The Balaban J connectivity index is 0.000000215. The van der Waals surface area contributed by atoms with E-state index in [4.69, 9.17) is 13.9 Å². The van der Waals surface area contributed by atoms with Crippen molar-refractivity contribution in [2.24, 2.45) is 0 Å². The van der Waals surface area contributed by atoms with E-state index in [1.807, 2.05) is 90.7 Å². The third kappa shape index (κ3) is 9.05. The van der Waals surface area contributed by atoms with E-state index in [1.54, 1.807) is 0 Å². The molecule has 43 heavy (non-hydrogen) atoms. The topological polar surface area (TPSA) is 93.9 Å². The van der Waals surface area contributed by atoms with Crippen molar-refractivity contribution in [2.45, 2.75) is 70.7 Å². The fraction of sp³-hybridized carbons (Fsp3) is 0.382. The molecule has 2 aliphatic rings. The maximum absolute atomic E-state index is 12.7. The van der Waals surface area contributed by atoms with Crippen molar-refractivity contribution in [3.8, 4) is 0 Å². The van der Waals surface area contributed by atoms with Crippen LogP contribution in [0.1, 0.15) is 55.2 Å². The number of rotatable bonds is 7. The zero-order valence-electron chi connectivity index (χ0n) is 24.6. The first-order valence-corrected chi connectivity index (χ1v) is 14.8. The number of halogens is 1. The Morgan fingerprint density at radius 1 is 0.860 bits per heavy atom. The van der Waals surface area contributed by atoms with Crippen LogP contribution in [-0.2, 0) is 32.3 Å². The number of piperidine rings is 2. The minimum atomic E-state index is -0.346. The van der Waals surface area contributed by atoms with E-state index in [9.17, 15) is 9.59 Å². The number of nitrogens with zero attached hydrogens (tertiary/aromatic N) is 2. The van der Waals surface area contributed by atoms with Crippen molar-refractivity contribution >= 4 is 41.5 Å². The summed E-state index contributed by atoms with van der Waals surface area (Å²) in [5.41, 5.74) is 4.72. The predicted octanol–water partition coefficient (Wildman–Crippen LogP) is 6.53. The molecular formula is C34H40ClN3O5. The maximum Gasteiger partial charge on any atom is 0.329 e. The second kappa shape index (κ2) is 16.1. The molecule has 3 aromatic carbocycles. The van der Waals surface area contributed by atoms with Crippen molar-refractivity contribution in [2.75, 3.05) is 18.0 Å². The third-order valence-corrected chi connectivity index (χ3v) is 7.60. The number of fused-ring (bicyclic) bond motifs is 1. The van der Waals surface area contributed by atoms with E-state index in [0.29, 0.717) is 12.6 Å². The van der Waals surface area contributed by atoms with Crippen molar-refractivity contribution < 1.29 is 23.5 Å². The van der Waals surface area contributed by atoms with E-state index in [0.717, 1.165) is 79.4 Å². The first kappa shape index (κ1) is 32.0. The molecule has 2 saturated heterocycles. The van der Waals surface area contributed by atoms with Gasteiger partial charge in [0.2, 0.25) is 0 Å². The fourth-order valence-corrected chi connectivity index (χ4v) is 5.26. The van der Waals surface area contributed by atoms with Crippen LogP contribution in [0.15, 0.2) is 83.3 Å². The molecule has 9 heteroatoms. The summed E-state index contributed by atoms with van der Waals surface area (Å²) in [6, 6.07) is 25.5. The van der Waals surface area contributed by atoms with Gasteiger partial charge in [-0.1, -0.05) is 73.2 Å². The Bertz CT molecular complexity index is 1440. The second-order valence-corrected chi connectivity index (χ2v) is 10.9. The molecule has 2 atom stereocenters. The molecule has 0 bridgehead atoms. The van der Waals surface area contributed by atoms with Gasteiger partial charge >= 0.3 is 11.9 Å². The Labute approximate surface area is 259 Å². The maximum atomic E-state index is 12.7. The summed E-state index contributed by atoms with van der Waals surface area (Å²) < 4.78 is 16.7. The molecule has 228 valence electrons. The second-order valence-electron chi connectivity index (χ2n) is 10.9. The van der Waals surface area contributed by atoms with Gasteiger partial charge < -0.3 is 24.1 Å². The molecule has 0 aliphatic carbocycles. The highest BCUT2D eigenvalue weighted by Gasteiger charge is 2.33. The zero-order valence-corrected chi connectivity index (χ0v) is 25.4.